The molecule has 0 spiro atoms. The number of piperidine rings is 1. The van der Waals surface area contributed by atoms with Crippen LogP contribution in [0, 0.1) is 0 Å². The summed E-state index contributed by atoms with van der Waals surface area (Å²) in [5, 5.41) is 3.02. The Kier molecular flexibility index (Phi) is 8.75. The molecule has 10 heteroatoms. The molecule has 0 aliphatic carbocycles. The van der Waals surface area contributed by atoms with Gasteiger partial charge in [-0.2, -0.15) is 8.42 Å². The fourth-order valence-corrected chi connectivity index (χ4v) is 4.53. The average molecular weight is 453 g/mol. The van der Waals surface area contributed by atoms with Crippen molar-refractivity contribution in [2.45, 2.75) is 83.8 Å². The van der Waals surface area contributed by atoms with Crippen LogP contribution in [0.4, 0.5) is 4.79 Å². The number of ether oxygens (including phenoxy) is 1. The van der Waals surface area contributed by atoms with Crippen molar-refractivity contribution in [1.82, 2.24) is 10.2 Å². The third-order valence-electron chi connectivity index (χ3n) is 5.30. The minimum atomic E-state index is -3.46. The SMILES string of the molecule is CC(C)(C)OC(=O)N[C@@H]1CCN(CCOS(C)(=O)=O)C[C@H]1O[Si](C)(C)C(C)(C)C. The molecule has 8 nitrogen and oxygen atoms in total. The first-order chi connectivity index (χ1) is 12.9. The van der Waals surface area contributed by atoms with Gasteiger partial charge in [-0.25, -0.2) is 4.79 Å². The summed E-state index contributed by atoms with van der Waals surface area (Å²) in [7, 11) is -5.52. The maximum atomic E-state index is 12.3. The zero-order valence-corrected chi connectivity index (χ0v) is 21.3. The molecule has 1 rings (SSSR count). The van der Waals surface area contributed by atoms with Crippen LogP contribution in [-0.2, 0) is 23.5 Å². The van der Waals surface area contributed by atoms with E-state index < -0.39 is 30.1 Å². The first kappa shape index (κ1) is 26.4. The monoisotopic (exact) mass is 452 g/mol. The number of alkyl carbamates (subject to hydrolysis) is 1. The Hall–Kier alpha value is -0.683. The summed E-state index contributed by atoms with van der Waals surface area (Å²) in [6.07, 6.45) is 1.10. The minimum Gasteiger partial charge on any atom is -0.444 e. The van der Waals surface area contributed by atoms with Gasteiger partial charge in [0.15, 0.2) is 8.32 Å². The highest BCUT2D eigenvalue weighted by Gasteiger charge is 2.42. The number of carbonyl (C=O) groups excluding carboxylic acids is 1. The largest absolute Gasteiger partial charge is 0.444 e. The molecule has 0 aromatic heterocycles. The molecule has 0 bridgehead atoms. The highest BCUT2D eigenvalue weighted by atomic mass is 32.2. The second kappa shape index (κ2) is 9.63. The Morgan fingerprint density at radius 2 is 1.76 bits per heavy atom. The highest BCUT2D eigenvalue weighted by Crippen LogP contribution is 2.38. The topological polar surface area (TPSA) is 94.2 Å². The van der Waals surface area contributed by atoms with Crippen LogP contribution in [0.25, 0.3) is 0 Å². The maximum Gasteiger partial charge on any atom is 0.407 e. The zero-order chi connectivity index (χ0) is 22.7. The standard InChI is InChI=1S/C19H40N2O6SSi/c1-18(2,3)26-17(22)20-15-10-11-21(12-13-25-28(7,23)24)14-16(15)27-29(8,9)19(4,5)6/h15-16H,10-14H2,1-9H3,(H,20,22)/t15-,16-/m1/s1. The molecule has 1 fully saturated rings. The van der Waals surface area contributed by atoms with Crippen LogP contribution < -0.4 is 5.32 Å². The van der Waals surface area contributed by atoms with Gasteiger partial charge in [0.25, 0.3) is 10.1 Å². The molecule has 1 amide bonds. The lowest BCUT2D eigenvalue weighted by Gasteiger charge is -2.45. The Morgan fingerprint density at radius 1 is 1.17 bits per heavy atom. The molecule has 29 heavy (non-hydrogen) atoms. The molecular formula is C19H40N2O6SSi. The van der Waals surface area contributed by atoms with E-state index >= 15 is 0 Å². The van der Waals surface area contributed by atoms with Crippen LogP contribution in [0.2, 0.25) is 18.1 Å². The van der Waals surface area contributed by atoms with Gasteiger partial charge in [0, 0.05) is 19.6 Å². The van der Waals surface area contributed by atoms with Crippen LogP contribution in [0.3, 0.4) is 0 Å². The Balaban J connectivity index is 2.85. The van der Waals surface area contributed by atoms with E-state index in [9.17, 15) is 13.2 Å². The van der Waals surface area contributed by atoms with E-state index in [1.807, 2.05) is 20.8 Å². The highest BCUT2D eigenvalue weighted by molar-refractivity contribution is 7.85. The summed E-state index contributed by atoms with van der Waals surface area (Å²) in [6.45, 7) is 18.3. The number of hydrogen-bond acceptors (Lipinski definition) is 7. The van der Waals surface area contributed by atoms with Crippen molar-refractivity contribution in [2.75, 3.05) is 32.5 Å². The molecule has 1 aliphatic rings. The normalized spacial score (nSPS) is 22.4. The third-order valence-corrected chi connectivity index (χ3v) is 10.4. The minimum absolute atomic E-state index is 0.0329. The first-order valence-electron chi connectivity index (χ1n) is 10.1. The van der Waals surface area contributed by atoms with Gasteiger partial charge in [-0.05, 0) is 45.3 Å². The fraction of sp³-hybridized carbons (Fsp3) is 0.947. The van der Waals surface area contributed by atoms with Crippen molar-refractivity contribution in [3.63, 3.8) is 0 Å². The van der Waals surface area contributed by atoms with Gasteiger partial charge in [0.1, 0.15) is 5.60 Å². The van der Waals surface area contributed by atoms with Crippen molar-refractivity contribution in [3.8, 4) is 0 Å². The summed E-state index contributed by atoms with van der Waals surface area (Å²) in [4.78, 5) is 14.4. The van der Waals surface area contributed by atoms with Crippen molar-refractivity contribution >= 4 is 24.5 Å². The lowest BCUT2D eigenvalue weighted by molar-refractivity contribution is 0.0221. The van der Waals surface area contributed by atoms with Gasteiger partial charge in [0.05, 0.1) is 25.0 Å². The van der Waals surface area contributed by atoms with Gasteiger partial charge in [-0.3, -0.25) is 9.08 Å². The Morgan fingerprint density at radius 3 is 2.24 bits per heavy atom. The second-order valence-electron chi connectivity index (χ2n) is 10.3. The Bertz CT molecular complexity index is 655. The van der Waals surface area contributed by atoms with Crippen LogP contribution in [0.5, 0.6) is 0 Å². The number of nitrogens with zero attached hydrogens (tertiary/aromatic N) is 1. The van der Waals surface area contributed by atoms with E-state index in [0.717, 1.165) is 6.26 Å². The van der Waals surface area contributed by atoms with Gasteiger partial charge in [-0.15, -0.1) is 0 Å². The number of likely N-dealkylation sites (tertiary alicyclic amines) is 1. The summed E-state index contributed by atoms with van der Waals surface area (Å²) >= 11 is 0. The molecule has 1 N–H and O–H groups in total. The number of nitrogens with one attached hydrogen (secondary N) is 1. The summed E-state index contributed by atoms with van der Waals surface area (Å²) < 4.78 is 39.3. The first-order valence-corrected chi connectivity index (χ1v) is 14.9. The molecule has 1 saturated heterocycles. The van der Waals surface area contributed by atoms with Crippen molar-refractivity contribution < 1.29 is 26.6 Å². The molecule has 0 unspecified atom stereocenters. The molecular weight excluding hydrogens is 412 g/mol. The number of amides is 1. The van der Waals surface area contributed by atoms with E-state index in [2.05, 4.69) is 44.1 Å². The van der Waals surface area contributed by atoms with Crippen LogP contribution in [0.15, 0.2) is 0 Å². The lowest BCUT2D eigenvalue weighted by atomic mass is 10.0. The van der Waals surface area contributed by atoms with E-state index in [0.29, 0.717) is 26.1 Å². The number of carbonyl (C=O) groups is 1. The zero-order valence-electron chi connectivity index (χ0n) is 19.5. The van der Waals surface area contributed by atoms with E-state index in [1.54, 1.807) is 0 Å². The Labute approximate surface area is 177 Å². The molecule has 2 atom stereocenters. The molecule has 0 aromatic rings. The smallest absolute Gasteiger partial charge is 0.407 e. The predicted octanol–water partition coefficient (Wildman–Crippen LogP) is 2.95. The molecule has 1 aliphatic heterocycles. The van der Waals surface area contributed by atoms with Crippen molar-refractivity contribution in [2.24, 2.45) is 0 Å². The molecule has 0 radical (unpaired) electrons. The number of hydrogen-bond donors (Lipinski definition) is 1. The lowest BCUT2D eigenvalue weighted by Crippen LogP contribution is -2.59. The van der Waals surface area contributed by atoms with E-state index in [4.69, 9.17) is 13.3 Å². The van der Waals surface area contributed by atoms with Crippen molar-refractivity contribution in [3.05, 3.63) is 0 Å². The molecule has 1 heterocycles. The predicted molar refractivity (Wildman–Crippen MR) is 117 cm³/mol. The molecule has 172 valence electrons. The molecule has 0 saturated carbocycles. The molecule has 0 aromatic carbocycles. The van der Waals surface area contributed by atoms with Crippen LogP contribution in [-0.4, -0.2) is 78.0 Å². The summed E-state index contributed by atoms with van der Waals surface area (Å²) in [6, 6.07) is -0.161. The van der Waals surface area contributed by atoms with Gasteiger partial charge < -0.3 is 14.5 Å². The maximum absolute atomic E-state index is 12.3. The summed E-state index contributed by atoms with van der Waals surface area (Å²) in [5.41, 5.74) is -0.566. The average Bonchev–Trinajstić information content (AvgIpc) is 2.45. The van der Waals surface area contributed by atoms with Gasteiger partial charge in [0.2, 0.25) is 0 Å². The van der Waals surface area contributed by atoms with Gasteiger partial charge >= 0.3 is 6.09 Å². The van der Waals surface area contributed by atoms with Crippen LogP contribution >= 0.6 is 0 Å². The summed E-state index contributed by atoms with van der Waals surface area (Å²) in [5.74, 6) is 0. The number of rotatable bonds is 7. The fourth-order valence-electron chi connectivity index (χ4n) is 2.80. The van der Waals surface area contributed by atoms with Crippen LogP contribution in [0.1, 0.15) is 48.0 Å². The van der Waals surface area contributed by atoms with E-state index in [-0.39, 0.29) is 23.8 Å². The van der Waals surface area contributed by atoms with Crippen molar-refractivity contribution in [1.29, 1.82) is 0 Å². The quantitative estimate of drug-likeness (QED) is 0.469. The van der Waals surface area contributed by atoms with E-state index in [1.165, 1.54) is 0 Å². The second-order valence-corrected chi connectivity index (χ2v) is 16.7. The van der Waals surface area contributed by atoms with Gasteiger partial charge in [-0.1, -0.05) is 20.8 Å². The third kappa shape index (κ3) is 9.78.